The van der Waals surface area contributed by atoms with Crippen LogP contribution in [-0.2, 0) is 6.18 Å². The van der Waals surface area contributed by atoms with Crippen LogP contribution in [0.15, 0.2) is 22.6 Å². The number of furan rings is 1. The van der Waals surface area contributed by atoms with Crippen LogP contribution in [0.5, 0.6) is 0 Å². The van der Waals surface area contributed by atoms with Crippen molar-refractivity contribution in [3.63, 3.8) is 0 Å². The molecule has 0 atom stereocenters. The summed E-state index contributed by atoms with van der Waals surface area (Å²) in [6, 6.07) is 2.21. The summed E-state index contributed by atoms with van der Waals surface area (Å²) < 4.78 is 56.6. The molecule has 21 heavy (non-hydrogen) atoms. The third-order valence-electron chi connectivity index (χ3n) is 3.32. The molecule has 2 nitrogen and oxygen atoms in total. The first-order valence-electron chi connectivity index (χ1n) is 6.11. The van der Waals surface area contributed by atoms with Crippen LogP contribution in [-0.4, -0.2) is 5.78 Å². The molecule has 2 rings (SSSR count). The van der Waals surface area contributed by atoms with Crippen molar-refractivity contribution in [1.29, 1.82) is 0 Å². The molecule has 0 aliphatic rings. The Morgan fingerprint density at radius 1 is 1.10 bits per heavy atom. The second-order valence-electron chi connectivity index (χ2n) is 4.74. The number of ketones is 1. The van der Waals surface area contributed by atoms with E-state index < -0.39 is 23.3 Å². The summed E-state index contributed by atoms with van der Waals surface area (Å²) in [6.45, 7) is 4.86. The summed E-state index contributed by atoms with van der Waals surface area (Å²) in [5.74, 6) is -1.18. The Labute approximate surface area is 118 Å². The van der Waals surface area contributed by atoms with Gasteiger partial charge in [0.15, 0.2) is 5.78 Å². The number of carbonyl (C=O) groups is 1. The predicted octanol–water partition coefficient (Wildman–Crippen LogP) is 4.59. The molecule has 1 aromatic carbocycles. The lowest BCUT2D eigenvalue weighted by molar-refractivity contribution is -0.140. The van der Waals surface area contributed by atoms with E-state index in [9.17, 15) is 22.4 Å². The molecule has 0 fully saturated rings. The van der Waals surface area contributed by atoms with E-state index in [1.54, 1.807) is 20.8 Å². The minimum Gasteiger partial charge on any atom is -0.466 e. The van der Waals surface area contributed by atoms with Gasteiger partial charge in [0, 0.05) is 11.1 Å². The van der Waals surface area contributed by atoms with Gasteiger partial charge in [-0.15, -0.1) is 0 Å². The molecule has 0 saturated carbocycles. The highest BCUT2D eigenvalue weighted by Gasteiger charge is 2.35. The molecule has 112 valence electrons. The van der Waals surface area contributed by atoms with Gasteiger partial charge in [-0.3, -0.25) is 4.79 Å². The van der Waals surface area contributed by atoms with Gasteiger partial charge in [0.25, 0.3) is 0 Å². The van der Waals surface area contributed by atoms with Crippen molar-refractivity contribution < 1.29 is 26.8 Å². The molecule has 2 aromatic rings. The van der Waals surface area contributed by atoms with Crippen molar-refractivity contribution in [3.05, 3.63) is 57.8 Å². The van der Waals surface area contributed by atoms with Crippen LogP contribution in [0.3, 0.4) is 0 Å². The van der Waals surface area contributed by atoms with Crippen LogP contribution in [0.2, 0.25) is 0 Å². The van der Waals surface area contributed by atoms with Gasteiger partial charge in [0.1, 0.15) is 17.3 Å². The van der Waals surface area contributed by atoms with Crippen LogP contribution < -0.4 is 0 Å². The van der Waals surface area contributed by atoms with Gasteiger partial charge in [0.2, 0.25) is 0 Å². The van der Waals surface area contributed by atoms with Crippen molar-refractivity contribution >= 4 is 5.78 Å². The number of alkyl halides is 3. The monoisotopic (exact) mass is 300 g/mol. The molecule has 6 heteroatoms. The summed E-state index contributed by atoms with van der Waals surface area (Å²) in [5, 5.41) is 0. The molecular weight excluding hydrogens is 288 g/mol. The molecule has 1 heterocycles. The van der Waals surface area contributed by atoms with E-state index in [1.807, 2.05) is 0 Å². The summed E-state index contributed by atoms with van der Waals surface area (Å²) in [7, 11) is 0. The first-order valence-corrected chi connectivity index (χ1v) is 6.11. The lowest BCUT2D eigenvalue weighted by Gasteiger charge is -2.09. The fourth-order valence-electron chi connectivity index (χ4n) is 2.16. The molecule has 0 radical (unpaired) electrons. The Balaban J connectivity index is 2.55. The molecule has 0 spiro atoms. The van der Waals surface area contributed by atoms with Crippen LogP contribution in [0.4, 0.5) is 17.6 Å². The Hall–Kier alpha value is -2.11. The van der Waals surface area contributed by atoms with Gasteiger partial charge >= 0.3 is 6.18 Å². The minimum absolute atomic E-state index is 0.215. The van der Waals surface area contributed by atoms with Gasteiger partial charge < -0.3 is 4.42 Å². The largest absolute Gasteiger partial charge is 0.466 e. The minimum atomic E-state index is -4.85. The summed E-state index contributed by atoms with van der Waals surface area (Å²) in [4.78, 5) is 12.3. The first kappa shape index (κ1) is 15.3. The number of carbonyl (C=O) groups excluding carboxylic acids is 1. The standard InChI is InChI=1S/C15H12F4O2/c1-7-8(2)21-9(3)13(7)14(20)10-4-5-12(16)11(6-10)15(17,18)19/h4-6H,1-3H3. The highest BCUT2D eigenvalue weighted by molar-refractivity contribution is 6.10. The van der Waals surface area contributed by atoms with Gasteiger partial charge in [-0.05, 0) is 39.0 Å². The maximum atomic E-state index is 13.2. The Kier molecular flexibility index (Phi) is 3.65. The first-order chi connectivity index (χ1) is 9.62. The fraction of sp³-hybridized carbons (Fsp3) is 0.267. The van der Waals surface area contributed by atoms with E-state index in [2.05, 4.69) is 0 Å². The van der Waals surface area contributed by atoms with Gasteiger partial charge in [-0.25, -0.2) is 4.39 Å². The maximum Gasteiger partial charge on any atom is 0.419 e. The average Bonchev–Trinajstić information content (AvgIpc) is 2.61. The highest BCUT2D eigenvalue weighted by Crippen LogP contribution is 2.33. The molecule has 0 aliphatic heterocycles. The molecule has 0 unspecified atom stereocenters. The van der Waals surface area contributed by atoms with E-state index in [0.717, 1.165) is 6.07 Å². The fourth-order valence-corrected chi connectivity index (χ4v) is 2.16. The second kappa shape index (κ2) is 5.02. The van der Waals surface area contributed by atoms with Crippen LogP contribution >= 0.6 is 0 Å². The second-order valence-corrected chi connectivity index (χ2v) is 4.74. The number of halogens is 4. The zero-order valence-electron chi connectivity index (χ0n) is 11.6. The van der Waals surface area contributed by atoms with E-state index in [0.29, 0.717) is 29.2 Å². The number of rotatable bonds is 2. The van der Waals surface area contributed by atoms with E-state index in [1.165, 1.54) is 0 Å². The highest BCUT2D eigenvalue weighted by atomic mass is 19.4. The third-order valence-corrected chi connectivity index (χ3v) is 3.32. The third kappa shape index (κ3) is 2.70. The topological polar surface area (TPSA) is 30.2 Å². The number of hydrogen-bond acceptors (Lipinski definition) is 2. The quantitative estimate of drug-likeness (QED) is 0.599. The van der Waals surface area contributed by atoms with E-state index in [-0.39, 0.29) is 11.1 Å². The maximum absolute atomic E-state index is 13.2. The molecule has 0 bridgehead atoms. The van der Waals surface area contributed by atoms with Crippen molar-refractivity contribution in [2.24, 2.45) is 0 Å². The Morgan fingerprint density at radius 3 is 2.19 bits per heavy atom. The molecular formula is C15H12F4O2. The normalized spacial score (nSPS) is 11.8. The summed E-state index contributed by atoms with van der Waals surface area (Å²) in [6.07, 6.45) is -4.85. The SMILES string of the molecule is Cc1oc(C)c(C(=O)c2ccc(F)c(C(F)(F)F)c2)c1C. The van der Waals surface area contributed by atoms with Crippen LogP contribution in [0, 0.1) is 26.6 Å². The van der Waals surface area contributed by atoms with Gasteiger partial charge in [-0.1, -0.05) is 0 Å². The summed E-state index contributed by atoms with van der Waals surface area (Å²) >= 11 is 0. The van der Waals surface area contributed by atoms with Crippen molar-refractivity contribution in [3.8, 4) is 0 Å². The van der Waals surface area contributed by atoms with Crippen LogP contribution in [0.1, 0.15) is 38.6 Å². The van der Waals surface area contributed by atoms with Crippen molar-refractivity contribution in [2.75, 3.05) is 0 Å². The molecule has 0 amide bonds. The Morgan fingerprint density at radius 2 is 1.71 bits per heavy atom. The van der Waals surface area contributed by atoms with Crippen molar-refractivity contribution in [1.82, 2.24) is 0 Å². The molecule has 1 aromatic heterocycles. The van der Waals surface area contributed by atoms with E-state index in [4.69, 9.17) is 4.42 Å². The predicted molar refractivity (Wildman–Crippen MR) is 67.8 cm³/mol. The molecule has 0 N–H and O–H groups in total. The Bertz CT molecular complexity index is 711. The van der Waals surface area contributed by atoms with Crippen molar-refractivity contribution in [2.45, 2.75) is 26.9 Å². The smallest absolute Gasteiger partial charge is 0.419 e. The zero-order valence-corrected chi connectivity index (χ0v) is 11.6. The lowest BCUT2D eigenvalue weighted by atomic mass is 9.98. The van der Waals surface area contributed by atoms with Gasteiger partial charge in [-0.2, -0.15) is 13.2 Å². The number of hydrogen-bond donors (Lipinski definition) is 0. The molecule has 0 aliphatic carbocycles. The summed E-state index contributed by atoms with van der Waals surface area (Å²) in [5.41, 5.74) is -0.901. The average molecular weight is 300 g/mol. The van der Waals surface area contributed by atoms with E-state index >= 15 is 0 Å². The zero-order chi connectivity index (χ0) is 15.9. The lowest BCUT2D eigenvalue weighted by Crippen LogP contribution is -2.11. The number of benzene rings is 1. The number of aryl methyl sites for hydroxylation is 2. The molecule has 0 saturated heterocycles. The van der Waals surface area contributed by atoms with Crippen LogP contribution in [0.25, 0.3) is 0 Å². The van der Waals surface area contributed by atoms with Gasteiger partial charge in [0.05, 0.1) is 11.1 Å².